The number of furan rings is 1. The van der Waals surface area contributed by atoms with Crippen molar-refractivity contribution in [3.05, 3.63) is 35.3 Å². The highest BCUT2D eigenvalue weighted by Crippen LogP contribution is 2.34. The molecule has 3 rings (SSSR count). The maximum atomic E-state index is 13.0. The Kier molecular flexibility index (Phi) is 2.78. The summed E-state index contributed by atoms with van der Waals surface area (Å²) in [5, 5.41) is 2.90. The lowest BCUT2D eigenvalue weighted by Crippen LogP contribution is -2.29. The number of alkyl halides is 3. The molecule has 3 heterocycles. The fourth-order valence-corrected chi connectivity index (χ4v) is 2.09. The van der Waals surface area contributed by atoms with Gasteiger partial charge in [-0.1, -0.05) is 0 Å². The van der Waals surface area contributed by atoms with Crippen molar-refractivity contribution in [1.29, 1.82) is 0 Å². The second-order valence-corrected chi connectivity index (χ2v) is 4.22. The largest absolute Gasteiger partial charge is 0.461 e. The molecule has 0 saturated carbocycles. The van der Waals surface area contributed by atoms with Crippen molar-refractivity contribution in [1.82, 2.24) is 15.3 Å². The van der Waals surface area contributed by atoms with E-state index in [0.717, 1.165) is 0 Å². The fraction of sp³-hybridized carbons (Fsp3) is 0.333. The van der Waals surface area contributed by atoms with Gasteiger partial charge in [0.15, 0.2) is 17.3 Å². The molecule has 0 amide bonds. The number of rotatable bonds is 1. The van der Waals surface area contributed by atoms with Crippen LogP contribution in [0.2, 0.25) is 0 Å². The minimum Gasteiger partial charge on any atom is -0.461 e. The molecule has 2 aromatic heterocycles. The summed E-state index contributed by atoms with van der Waals surface area (Å²) in [5.41, 5.74) is -0.308. The van der Waals surface area contributed by atoms with Crippen LogP contribution < -0.4 is 5.32 Å². The molecule has 2 aromatic rings. The van der Waals surface area contributed by atoms with E-state index in [4.69, 9.17) is 4.42 Å². The summed E-state index contributed by atoms with van der Waals surface area (Å²) in [5.74, 6) is 0.227. The Bertz CT molecular complexity index is 593. The number of hydrogen-bond donors (Lipinski definition) is 1. The van der Waals surface area contributed by atoms with E-state index >= 15 is 0 Å². The zero-order valence-electron chi connectivity index (χ0n) is 9.79. The van der Waals surface area contributed by atoms with Gasteiger partial charge in [0.05, 0.1) is 12.0 Å². The van der Waals surface area contributed by atoms with E-state index in [0.29, 0.717) is 18.7 Å². The first-order chi connectivity index (χ1) is 9.05. The quantitative estimate of drug-likeness (QED) is 0.863. The van der Waals surface area contributed by atoms with Crippen molar-refractivity contribution in [3.8, 4) is 11.6 Å². The predicted octanol–water partition coefficient (Wildman–Crippen LogP) is 2.40. The molecule has 1 aliphatic heterocycles. The van der Waals surface area contributed by atoms with E-state index in [1.165, 1.54) is 6.26 Å². The van der Waals surface area contributed by atoms with Gasteiger partial charge in [0.1, 0.15) is 0 Å². The van der Waals surface area contributed by atoms with Crippen LogP contribution in [0.3, 0.4) is 0 Å². The first-order valence-electron chi connectivity index (χ1n) is 5.77. The van der Waals surface area contributed by atoms with E-state index in [9.17, 15) is 13.2 Å². The molecule has 7 heteroatoms. The van der Waals surface area contributed by atoms with E-state index in [1.807, 2.05) is 0 Å². The third kappa shape index (κ3) is 2.21. The average molecular weight is 269 g/mol. The standard InChI is InChI=1S/C12H10F3N3O/c13-12(14,15)10-7-6-16-4-3-8(7)17-11(18-10)9-2-1-5-19-9/h1-2,5,16H,3-4,6H2. The highest BCUT2D eigenvalue weighted by molar-refractivity contribution is 5.49. The summed E-state index contributed by atoms with van der Waals surface area (Å²) in [7, 11) is 0. The maximum Gasteiger partial charge on any atom is 0.433 e. The molecule has 0 atom stereocenters. The smallest absolute Gasteiger partial charge is 0.433 e. The molecule has 0 saturated heterocycles. The summed E-state index contributed by atoms with van der Waals surface area (Å²) in [6.45, 7) is 0.752. The third-order valence-electron chi connectivity index (χ3n) is 2.94. The summed E-state index contributed by atoms with van der Waals surface area (Å²) in [4.78, 5) is 7.81. The molecule has 0 aromatic carbocycles. The van der Waals surface area contributed by atoms with Gasteiger partial charge in [0.2, 0.25) is 0 Å². The van der Waals surface area contributed by atoms with Crippen LogP contribution in [0.1, 0.15) is 17.0 Å². The van der Waals surface area contributed by atoms with Gasteiger partial charge in [-0.3, -0.25) is 0 Å². The van der Waals surface area contributed by atoms with E-state index in [-0.39, 0.29) is 23.7 Å². The van der Waals surface area contributed by atoms with E-state index in [2.05, 4.69) is 15.3 Å². The lowest BCUT2D eigenvalue weighted by molar-refractivity contribution is -0.142. The monoisotopic (exact) mass is 269 g/mol. The fourth-order valence-electron chi connectivity index (χ4n) is 2.09. The highest BCUT2D eigenvalue weighted by Gasteiger charge is 2.38. The number of nitrogens with zero attached hydrogens (tertiary/aromatic N) is 2. The lowest BCUT2D eigenvalue weighted by atomic mass is 10.0. The van der Waals surface area contributed by atoms with Crippen molar-refractivity contribution in [2.45, 2.75) is 19.1 Å². The Hall–Kier alpha value is -1.89. The first-order valence-corrected chi connectivity index (χ1v) is 5.77. The zero-order chi connectivity index (χ0) is 13.5. The molecule has 0 unspecified atom stereocenters. The van der Waals surface area contributed by atoms with Crippen LogP contribution in [0.15, 0.2) is 22.8 Å². The number of fused-ring (bicyclic) bond motifs is 1. The van der Waals surface area contributed by atoms with Gasteiger partial charge in [0.25, 0.3) is 0 Å². The summed E-state index contributed by atoms with van der Waals surface area (Å²) in [6, 6.07) is 3.13. The van der Waals surface area contributed by atoms with Crippen molar-refractivity contribution >= 4 is 0 Å². The van der Waals surface area contributed by atoms with Crippen LogP contribution in [-0.4, -0.2) is 16.5 Å². The number of hydrogen-bond acceptors (Lipinski definition) is 4. The summed E-state index contributed by atoms with van der Waals surface area (Å²) >= 11 is 0. The van der Waals surface area contributed by atoms with Crippen molar-refractivity contribution in [2.75, 3.05) is 6.54 Å². The maximum absolute atomic E-state index is 13.0. The second-order valence-electron chi connectivity index (χ2n) is 4.22. The van der Waals surface area contributed by atoms with E-state index < -0.39 is 11.9 Å². The topological polar surface area (TPSA) is 51.0 Å². The van der Waals surface area contributed by atoms with Crippen molar-refractivity contribution < 1.29 is 17.6 Å². The molecule has 1 aliphatic rings. The highest BCUT2D eigenvalue weighted by atomic mass is 19.4. The summed E-state index contributed by atoms with van der Waals surface area (Å²) < 4.78 is 44.2. The van der Waals surface area contributed by atoms with E-state index in [1.54, 1.807) is 12.1 Å². The van der Waals surface area contributed by atoms with Crippen molar-refractivity contribution in [2.24, 2.45) is 0 Å². The van der Waals surface area contributed by atoms with Gasteiger partial charge in [0, 0.05) is 25.1 Å². The molecule has 4 nitrogen and oxygen atoms in total. The van der Waals surface area contributed by atoms with Crippen LogP contribution in [0.5, 0.6) is 0 Å². The number of aromatic nitrogens is 2. The molecule has 0 fully saturated rings. The number of halogens is 3. The first kappa shape index (κ1) is 12.2. The van der Waals surface area contributed by atoms with Crippen molar-refractivity contribution in [3.63, 3.8) is 0 Å². The third-order valence-corrected chi connectivity index (χ3v) is 2.94. The van der Waals surface area contributed by atoms with Crippen LogP contribution >= 0.6 is 0 Å². The van der Waals surface area contributed by atoms with Gasteiger partial charge in [-0.05, 0) is 12.1 Å². The minimum absolute atomic E-state index is 0.0158. The van der Waals surface area contributed by atoms with Gasteiger partial charge < -0.3 is 9.73 Å². The molecule has 0 aliphatic carbocycles. The molecule has 100 valence electrons. The molecule has 0 spiro atoms. The Morgan fingerprint density at radius 1 is 1.26 bits per heavy atom. The minimum atomic E-state index is -4.49. The van der Waals surface area contributed by atoms with Crippen LogP contribution in [0, 0.1) is 0 Å². The lowest BCUT2D eigenvalue weighted by Gasteiger charge is -2.20. The Morgan fingerprint density at radius 3 is 2.79 bits per heavy atom. The SMILES string of the molecule is FC(F)(F)c1nc(-c2ccco2)nc2c1CNCC2. The molecular weight excluding hydrogens is 259 g/mol. The zero-order valence-corrected chi connectivity index (χ0v) is 9.79. The Labute approximate surface area is 106 Å². The predicted molar refractivity (Wildman–Crippen MR) is 60.1 cm³/mol. The average Bonchev–Trinajstić information content (AvgIpc) is 2.90. The van der Waals surface area contributed by atoms with Gasteiger partial charge in [-0.15, -0.1) is 0 Å². The summed E-state index contributed by atoms with van der Waals surface area (Å²) in [6.07, 6.45) is -2.66. The molecule has 1 N–H and O–H groups in total. The molecule has 0 bridgehead atoms. The Balaban J connectivity index is 2.19. The van der Waals surface area contributed by atoms with Gasteiger partial charge in [-0.25, -0.2) is 9.97 Å². The van der Waals surface area contributed by atoms with Gasteiger partial charge in [-0.2, -0.15) is 13.2 Å². The van der Waals surface area contributed by atoms with Crippen LogP contribution in [0.4, 0.5) is 13.2 Å². The normalized spacial score (nSPS) is 15.3. The second kappa shape index (κ2) is 4.34. The number of nitrogens with one attached hydrogen (secondary N) is 1. The molecule has 19 heavy (non-hydrogen) atoms. The van der Waals surface area contributed by atoms with Crippen LogP contribution in [-0.2, 0) is 19.1 Å². The van der Waals surface area contributed by atoms with Gasteiger partial charge >= 0.3 is 6.18 Å². The van der Waals surface area contributed by atoms with Crippen LogP contribution in [0.25, 0.3) is 11.6 Å². The molecule has 0 radical (unpaired) electrons. The Morgan fingerprint density at radius 2 is 2.11 bits per heavy atom. The molecular formula is C12H10F3N3O.